The third-order valence-corrected chi connectivity index (χ3v) is 5.07. The number of hydrogen-bond donors (Lipinski definition) is 1. The molecule has 20 heavy (non-hydrogen) atoms. The number of rotatable bonds is 0. The van der Waals surface area contributed by atoms with Crippen LogP contribution < -0.4 is 5.32 Å². The molecule has 0 atom stereocenters. The van der Waals surface area contributed by atoms with Crippen molar-refractivity contribution in [3.05, 3.63) is 59.4 Å². The third-order valence-electron chi connectivity index (χ3n) is 3.94. The number of fused-ring (bicyclic) bond motifs is 2. The maximum atomic E-state index is 4.68. The van der Waals surface area contributed by atoms with Crippen molar-refractivity contribution < 1.29 is 0 Å². The van der Waals surface area contributed by atoms with Gasteiger partial charge in [-0.25, -0.2) is 0 Å². The number of piperidine rings is 1. The molecule has 0 amide bonds. The molecule has 2 aliphatic heterocycles. The third kappa shape index (κ3) is 1.98. The van der Waals surface area contributed by atoms with E-state index in [1.165, 1.54) is 26.6 Å². The van der Waals surface area contributed by atoms with Crippen LogP contribution >= 0.6 is 11.8 Å². The summed E-state index contributed by atoms with van der Waals surface area (Å²) in [6.07, 6.45) is 4.17. The Bertz CT molecular complexity index is 635. The molecule has 100 valence electrons. The monoisotopic (exact) mass is 280 g/mol. The Balaban J connectivity index is 1.97. The van der Waals surface area contributed by atoms with Gasteiger partial charge in [-0.05, 0) is 49.7 Å². The van der Waals surface area contributed by atoms with Crippen LogP contribution in [-0.2, 0) is 0 Å². The van der Waals surface area contributed by atoms with E-state index in [-0.39, 0.29) is 0 Å². The van der Waals surface area contributed by atoms with Crippen molar-refractivity contribution in [2.75, 3.05) is 13.1 Å². The van der Waals surface area contributed by atoms with Crippen molar-refractivity contribution in [3.63, 3.8) is 0 Å². The van der Waals surface area contributed by atoms with Gasteiger partial charge < -0.3 is 5.32 Å². The molecule has 3 heterocycles. The lowest BCUT2D eigenvalue weighted by Gasteiger charge is -2.26. The minimum Gasteiger partial charge on any atom is -0.316 e. The van der Waals surface area contributed by atoms with E-state index in [0.717, 1.165) is 25.9 Å². The molecular weight excluding hydrogens is 264 g/mol. The lowest BCUT2D eigenvalue weighted by molar-refractivity contribution is 0.611. The predicted molar refractivity (Wildman–Crippen MR) is 82.9 cm³/mol. The van der Waals surface area contributed by atoms with Crippen LogP contribution in [0, 0.1) is 0 Å². The van der Waals surface area contributed by atoms with Gasteiger partial charge in [-0.1, -0.05) is 35.5 Å². The van der Waals surface area contributed by atoms with Gasteiger partial charge in [0, 0.05) is 21.6 Å². The molecule has 2 aliphatic rings. The topological polar surface area (TPSA) is 24.9 Å². The Hall–Kier alpha value is -1.58. The van der Waals surface area contributed by atoms with Gasteiger partial charge in [0.15, 0.2) is 0 Å². The Labute approximate surface area is 123 Å². The van der Waals surface area contributed by atoms with Gasteiger partial charge in [-0.3, -0.25) is 4.98 Å². The van der Waals surface area contributed by atoms with Crippen molar-refractivity contribution in [1.82, 2.24) is 10.3 Å². The van der Waals surface area contributed by atoms with Crippen molar-refractivity contribution in [3.8, 4) is 0 Å². The number of benzene rings is 1. The molecule has 4 rings (SSSR count). The number of nitrogens with one attached hydrogen (secondary N) is 1. The summed E-state index contributed by atoms with van der Waals surface area (Å²) in [6, 6.07) is 12.9. The zero-order valence-corrected chi connectivity index (χ0v) is 12.0. The van der Waals surface area contributed by atoms with Crippen molar-refractivity contribution in [2.45, 2.75) is 22.6 Å². The Morgan fingerprint density at radius 3 is 2.65 bits per heavy atom. The Kier molecular flexibility index (Phi) is 3.09. The van der Waals surface area contributed by atoms with Crippen LogP contribution in [0.5, 0.6) is 0 Å². The van der Waals surface area contributed by atoms with Crippen LogP contribution in [-0.4, -0.2) is 18.1 Å². The average Bonchev–Trinajstić information content (AvgIpc) is 2.53. The molecule has 1 aromatic heterocycles. The fourth-order valence-corrected chi connectivity index (χ4v) is 4.07. The summed E-state index contributed by atoms with van der Waals surface area (Å²) in [6.45, 7) is 2.16. The lowest BCUT2D eigenvalue weighted by Crippen LogP contribution is -2.24. The lowest BCUT2D eigenvalue weighted by atomic mass is 9.91. The number of pyridine rings is 1. The molecule has 0 spiro atoms. The maximum absolute atomic E-state index is 4.68. The van der Waals surface area contributed by atoms with Crippen LogP contribution in [0.3, 0.4) is 0 Å². The molecule has 1 N–H and O–H groups in total. The molecule has 0 unspecified atom stereocenters. The smallest absolute Gasteiger partial charge is 0.0847 e. The molecule has 0 aliphatic carbocycles. The van der Waals surface area contributed by atoms with Gasteiger partial charge in [0.25, 0.3) is 0 Å². The molecule has 2 nitrogen and oxygen atoms in total. The first-order valence-electron chi connectivity index (χ1n) is 7.09. The molecule has 3 heteroatoms. The highest BCUT2D eigenvalue weighted by molar-refractivity contribution is 7.99. The standard InChI is InChI=1S/C17H16N2S/c1-2-5-14-13(4-1)16(12-7-10-18-11-8-12)17-15(20-14)6-3-9-19-17/h1-6,9,18H,7-8,10-11H2. The summed E-state index contributed by atoms with van der Waals surface area (Å²) in [5.41, 5.74) is 5.47. The summed E-state index contributed by atoms with van der Waals surface area (Å²) < 4.78 is 0. The predicted octanol–water partition coefficient (Wildman–Crippen LogP) is 3.73. The largest absolute Gasteiger partial charge is 0.316 e. The minimum atomic E-state index is 1.08. The highest BCUT2D eigenvalue weighted by Crippen LogP contribution is 2.46. The van der Waals surface area contributed by atoms with Gasteiger partial charge >= 0.3 is 0 Å². The van der Waals surface area contributed by atoms with E-state index in [0.29, 0.717) is 0 Å². The van der Waals surface area contributed by atoms with E-state index in [9.17, 15) is 0 Å². The molecule has 2 aromatic rings. The van der Waals surface area contributed by atoms with E-state index in [1.807, 2.05) is 24.0 Å². The van der Waals surface area contributed by atoms with Crippen LogP contribution in [0.25, 0.3) is 5.57 Å². The molecule has 0 radical (unpaired) electrons. The van der Waals surface area contributed by atoms with Crippen LogP contribution in [0.2, 0.25) is 0 Å². The second kappa shape index (κ2) is 5.08. The molecule has 1 fully saturated rings. The van der Waals surface area contributed by atoms with Gasteiger partial charge in [-0.2, -0.15) is 0 Å². The molecule has 0 saturated carbocycles. The van der Waals surface area contributed by atoms with Crippen LogP contribution in [0.1, 0.15) is 24.1 Å². The number of aromatic nitrogens is 1. The highest BCUT2D eigenvalue weighted by Gasteiger charge is 2.24. The maximum Gasteiger partial charge on any atom is 0.0847 e. The highest BCUT2D eigenvalue weighted by atomic mass is 32.2. The summed E-state index contributed by atoms with van der Waals surface area (Å²) in [4.78, 5) is 7.32. The van der Waals surface area contributed by atoms with Gasteiger partial charge in [-0.15, -0.1) is 0 Å². The molecular formula is C17H16N2S. The van der Waals surface area contributed by atoms with Gasteiger partial charge in [0.1, 0.15) is 0 Å². The van der Waals surface area contributed by atoms with Gasteiger partial charge in [0.05, 0.1) is 5.69 Å². The van der Waals surface area contributed by atoms with E-state index in [1.54, 1.807) is 5.57 Å². The number of nitrogens with zero attached hydrogens (tertiary/aromatic N) is 1. The molecule has 1 aromatic carbocycles. The average molecular weight is 280 g/mol. The Morgan fingerprint density at radius 2 is 1.75 bits per heavy atom. The molecule has 0 bridgehead atoms. The van der Waals surface area contributed by atoms with E-state index < -0.39 is 0 Å². The number of hydrogen-bond acceptors (Lipinski definition) is 3. The van der Waals surface area contributed by atoms with Crippen molar-refractivity contribution in [1.29, 1.82) is 0 Å². The summed E-state index contributed by atoms with van der Waals surface area (Å²) in [5, 5.41) is 3.44. The van der Waals surface area contributed by atoms with Crippen LogP contribution in [0.15, 0.2) is 58.0 Å². The summed E-state index contributed by atoms with van der Waals surface area (Å²) in [7, 11) is 0. The van der Waals surface area contributed by atoms with E-state index >= 15 is 0 Å². The van der Waals surface area contributed by atoms with Gasteiger partial charge in [0.2, 0.25) is 0 Å². The normalized spacial score (nSPS) is 17.6. The first-order chi connectivity index (χ1) is 9.93. The summed E-state index contributed by atoms with van der Waals surface area (Å²) >= 11 is 1.84. The van der Waals surface area contributed by atoms with E-state index in [4.69, 9.17) is 0 Å². The molecule has 1 saturated heterocycles. The Morgan fingerprint density at radius 1 is 0.950 bits per heavy atom. The zero-order chi connectivity index (χ0) is 13.4. The quantitative estimate of drug-likeness (QED) is 0.679. The zero-order valence-electron chi connectivity index (χ0n) is 11.2. The van der Waals surface area contributed by atoms with E-state index in [2.05, 4.69) is 40.6 Å². The fourth-order valence-electron chi connectivity index (χ4n) is 3.01. The van der Waals surface area contributed by atoms with Crippen LogP contribution in [0.4, 0.5) is 0 Å². The second-order valence-electron chi connectivity index (χ2n) is 5.18. The van der Waals surface area contributed by atoms with Crippen molar-refractivity contribution >= 4 is 17.3 Å². The summed E-state index contributed by atoms with van der Waals surface area (Å²) in [5.74, 6) is 0. The SMILES string of the molecule is c1ccc2c(c1)Sc1cccnc1C2=C1CCNCC1. The second-order valence-corrected chi connectivity index (χ2v) is 6.26. The van der Waals surface area contributed by atoms with Crippen molar-refractivity contribution in [2.24, 2.45) is 0 Å². The fraction of sp³-hybridized carbons (Fsp3) is 0.235. The first kappa shape index (κ1) is 12.2. The first-order valence-corrected chi connectivity index (χ1v) is 7.90. The minimum absolute atomic E-state index is 1.08.